The van der Waals surface area contributed by atoms with E-state index in [0.29, 0.717) is 11.3 Å². The Morgan fingerprint density at radius 2 is 1.78 bits per heavy atom. The summed E-state index contributed by atoms with van der Waals surface area (Å²) in [5.74, 6) is 0.0864. The van der Waals surface area contributed by atoms with Crippen LogP contribution in [0.4, 0.5) is 17.1 Å². The molecule has 27 heavy (non-hydrogen) atoms. The van der Waals surface area contributed by atoms with E-state index >= 15 is 0 Å². The molecule has 0 radical (unpaired) electrons. The highest BCUT2D eigenvalue weighted by Gasteiger charge is 2.43. The first kappa shape index (κ1) is 17.2. The van der Waals surface area contributed by atoms with Gasteiger partial charge in [-0.25, -0.2) is 0 Å². The number of fused-ring (bicyclic) bond motifs is 3. The zero-order valence-corrected chi connectivity index (χ0v) is 15.0. The highest BCUT2D eigenvalue weighted by Crippen LogP contribution is 2.54. The van der Waals surface area contributed by atoms with Gasteiger partial charge in [-0.15, -0.1) is 0 Å². The number of rotatable bonds is 3. The van der Waals surface area contributed by atoms with E-state index in [2.05, 4.69) is 17.5 Å². The maximum absolute atomic E-state index is 11.7. The SMILES string of the molecule is Cc1cc([N+](=O)[O-])c2c(c1C)[C@@H]1C=CC[C@@H]1[C@H](c1ccccc1[N+](=O)[O-])N2. The van der Waals surface area contributed by atoms with Crippen LogP contribution < -0.4 is 5.32 Å². The molecular weight excluding hydrogens is 346 g/mol. The second kappa shape index (κ2) is 6.19. The number of aryl methyl sites for hydroxylation is 1. The van der Waals surface area contributed by atoms with Crippen LogP contribution in [0.1, 0.15) is 40.6 Å². The summed E-state index contributed by atoms with van der Waals surface area (Å²) in [7, 11) is 0. The minimum atomic E-state index is -0.390. The monoisotopic (exact) mass is 365 g/mol. The molecule has 0 unspecified atom stereocenters. The van der Waals surface area contributed by atoms with Crippen LogP contribution in [0.15, 0.2) is 42.5 Å². The third-order valence-electron chi connectivity index (χ3n) is 5.81. The molecule has 0 fully saturated rings. The predicted molar refractivity (Wildman–Crippen MR) is 102 cm³/mol. The lowest BCUT2D eigenvalue weighted by atomic mass is 9.74. The van der Waals surface area contributed by atoms with Gasteiger partial charge < -0.3 is 5.32 Å². The molecule has 1 N–H and O–H groups in total. The molecule has 0 saturated heterocycles. The Morgan fingerprint density at radius 1 is 1.07 bits per heavy atom. The van der Waals surface area contributed by atoms with Crippen LogP contribution in [-0.4, -0.2) is 9.85 Å². The number of hydrogen-bond acceptors (Lipinski definition) is 5. The summed E-state index contributed by atoms with van der Waals surface area (Å²) >= 11 is 0. The van der Waals surface area contributed by atoms with E-state index in [0.717, 1.165) is 23.1 Å². The van der Waals surface area contributed by atoms with Gasteiger partial charge in [0.25, 0.3) is 11.4 Å². The predicted octanol–water partition coefficient (Wildman–Crippen LogP) is 4.95. The summed E-state index contributed by atoms with van der Waals surface area (Å²) in [6.45, 7) is 3.86. The second-order valence-electron chi connectivity index (χ2n) is 7.17. The van der Waals surface area contributed by atoms with E-state index < -0.39 is 4.92 Å². The first-order chi connectivity index (χ1) is 12.9. The highest BCUT2D eigenvalue weighted by atomic mass is 16.6. The van der Waals surface area contributed by atoms with Crippen LogP contribution >= 0.6 is 0 Å². The number of anilines is 1. The molecule has 4 rings (SSSR count). The smallest absolute Gasteiger partial charge is 0.292 e. The van der Waals surface area contributed by atoms with Crippen LogP contribution in [0, 0.1) is 40.0 Å². The lowest BCUT2D eigenvalue weighted by Gasteiger charge is -2.38. The fourth-order valence-electron chi connectivity index (χ4n) is 4.45. The van der Waals surface area contributed by atoms with Gasteiger partial charge in [-0.05, 0) is 42.9 Å². The number of nitro benzene ring substituents is 2. The Morgan fingerprint density at radius 3 is 2.48 bits per heavy atom. The minimum absolute atomic E-state index is 0.00432. The van der Waals surface area contributed by atoms with Crippen molar-refractivity contribution in [1.29, 1.82) is 0 Å². The van der Waals surface area contributed by atoms with Gasteiger partial charge in [-0.3, -0.25) is 20.2 Å². The average Bonchev–Trinajstić information content (AvgIpc) is 3.13. The standard InChI is InChI=1S/C20H19N3O4/c1-11-10-17(23(26)27)20-18(12(11)2)13-7-5-8-14(13)19(21-20)15-6-3-4-9-16(15)22(24)25/h3-7,9-10,13-14,19,21H,8H2,1-2H3/t13-,14+,19-/m1/s1. The number of benzene rings is 2. The lowest BCUT2D eigenvalue weighted by molar-refractivity contribution is -0.386. The number of hydrogen-bond donors (Lipinski definition) is 1. The van der Waals surface area contributed by atoms with Gasteiger partial charge in [0.2, 0.25) is 0 Å². The second-order valence-corrected chi connectivity index (χ2v) is 7.17. The van der Waals surface area contributed by atoms with Crippen molar-refractivity contribution in [3.8, 4) is 0 Å². The molecule has 1 heterocycles. The Bertz CT molecular complexity index is 999. The molecule has 0 amide bonds. The van der Waals surface area contributed by atoms with Crippen molar-refractivity contribution in [2.24, 2.45) is 5.92 Å². The van der Waals surface area contributed by atoms with Crippen LogP contribution in [0.5, 0.6) is 0 Å². The third-order valence-corrected chi connectivity index (χ3v) is 5.81. The van der Waals surface area contributed by atoms with Crippen molar-refractivity contribution in [1.82, 2.24) is 0 Å². The molecule has 0 spiro atoms. The molecule has 2 aliphatic rings. The van der Waals surface area contributed by atoms with Gasteiger partial charge in [0.05, 0.1) is 21.5 Å². The van der Waals surface area contributed by atoms with Crippen LogP contribution in [0.3, 0.4) is 0 Å². The number of allylic oxidation sites excluding steroid dienone is 2. The fraction of sp³-hybridized carbons (Fsp3) is 0.300. The summed E-state index contributed by atoms with van der Waals surface area (Å²) in [5, 5.41) is 26.5. The number of nitrogens with one attached hydrogen (secondary N) is 1. The van der Waals surface area contributed by atoms with Crippen molar-refractivity contribution in [3.05, 3.63) is 85.0 Å². The third kappa shape index (κ3) is 2.58. The highest BCUT2D eigenvalue weighted by molar-refractivity contribution is 5.74. The molecule has 2 aromatic carbocycles. The Labute approximate surface area is 156 Å². The van der Waals surface area contributed by atoms with Crippen molar-refractivity contribution < 1.29 is 9.85 Å². The molecule has 0 bridgehead atoms. The minimum Gasteiger partial charge on any atom is -0.372 e. The summed E-state index contributed by atoms with van der Waals surface area (Å²) in [4.78, 5) is 22.4. The number of nitro groups is 2. The fourth-order valence-corrected chi connectivity index (χ4v) is 4.45. The largest absolute Gasteiger partial charge is 0.372 e. The molecule has 138 valence electrons. The van der Waals surface area contributed by atoms with E-state index in [1.165, 1.54) is 6.07 Å². The van der Waals surface area contributed by atoms with Crippen molar-refractivity contribution in [2.45, 2.75) is 32.2 Å². The number of nitrogens with zero attached hydrogens (tertiary/aromatic N) is 2. The zero-order valence-electron chi connectivity index (χ0n) is 15.0. The molecule has 2 aromatic rings. The Kier molecular flexibility index (Phi) is 3.95. The van der Waals surface area contributed by atoms with Crippen LogP contribution in [0.25, 0.3) is 0 Å². The molecule has 1 aliphatic carbocycles. The molecule has 1 aliphatic heterocycles. The summed E-state index contributed by atoms with van der Waals surface area (Å²) in [6.07, 6.45) is 4.93. The van der Waals surface area contributed by atoms with Gasteiger partial charge in [-0.1, -0.05) is 30.4 Å². The average molecular weight is 365 g/mol. The van der Waals surface area contributed by atoms with Gasteiger partial charge in [0, 0.05) is 18.1 Å². The van der Waals surface area contributed by atoms with Gasteiger partial charge in [0.15, 0.2) is 0 Å². The van der Waals surface area contributed by atoms with E-state index in [4.69, 9.17) is 0 Å². The van der Waals surface area contributed by atoms with Crippen LogP contribution in [0.2, 0.25) is 0 Å². The van der Waals surface area contributed by atoms with Gasteiger partial charge >= 0.3 is 0 Å². The van der Waals surface area contributed by atoms with Crippen molar-refractivity contribution in [3.63, 3.8) is 0 Å². The molecule has 0 saturated carbocycles. The first-order valence-corrected chi connectivity index (χ1v) is 8.85. The summed E-state index contributed by atoms with van der Waals surface area (Å²) in [5.41, 5.74) is 3.97. The Balaban J connectivity index is 1.94. The van der Waals surface area contributed by atoms with E-state index in [1.54, 1.807) is 24.3 Å². The van der Waals surface area contributed by atoms with Crippen molar-refractivity contribution >= 4 is 17.1 Å². The molecule has 3 atom stereocenters. The molecule has 7 nitrogen and oxygen atoms in total. The maximum Gasteiger partial charge on any atom is 0.292 e. The Hall–Kier alpha value is -3.22. The molecule has 0 aromatic heterocycles. The normalized spacial score (nSPS) is 22.7. The van der Waals surface area contributed by atoms with E-state index in [9.17, 15) is 20.2 Å². The topological polar surface area (TPSA) is 98.3 Å². The maximum atomic E-state index is 11.7. The summed E-state index contributed by atoms with van der Waals surface area (Å²) in [6, 6.07) is 7.85. The summed E-state index contributed by atoms with van der Waals surface area (Å²) < 4.78 is 0. The zero-order chi connectivity index (χ0) is 19.3. The van der Waals surface area contributed by atoms with E-state index in [1.807, 2.05) is 13.8 Å². The van der Waals surface area contributed by atoms with E-state index in [-0.39, 0.29) is 34.2 Å². The first-order valence-electron chi connectivity index (χ1n) is 8.85. The van der Waals surface area contributed by atoms with Crippen LogP contribution in [-0.2, 0) is 0 Å². The quantitative estimate of drug-likeness (QED) is 0.471. The number of para-hydroxylation sites is 1. The van der Waals surface area contributed by atoms with Gasteiger partial charge in [-0.2, -0.15) is 0 Å². The molecular formula is C20H19N3O4. The molecule has 7 heteroatoms. The lowest BCUT2D eigenvalue weighted by Crippen LogP contribution is -2.31. The van der Waals surface area contributed by atoms with Gasteiger partial charge in [0.1, 0.15) is 5.69 Å². The van der Waals surface area contributed by atoms with Crippen molar-refractivity contribution in [2.75, 3.05) is 5.32 Å².